The molecule has 1 aliphatic rings. The first kappa shape index (κ1) is 13.3. The number of hydrogen-bond donors (Lipinski definition) is 1. The van der Waals surface area contributed by atoms with Crippen molar-refractivity contribution in [3.05, 3.63) is 46.8 Å². The molecule has 2 heteroatoms. The highest BCUT2D eigenvalue weighted by Crippen LogP contribution is 2.30. The monoisotopic (exact) mass is 248 g/mol. The standard InChI is InChI=1S/C16H21FO/c1-12-8-7-11-14(15(12)17)16(18)13-9-5-3-2-4-6-10-13/h7-9,11,16,18H,2-6,10H2,1H3/b13-9+. The van der Waals surface area contributed by atoms with E-state index < -0.39 is 6.10 Å². The molecule has 0 saturated heterocycles. The fourth-order valence-corrected chi connectivity index (χ4v) is 2.55. The van der Waals surface area contributed by atoms with Crippen molar-refractivity contribution in [2.24, 2.45) is 0 Å². The van der Waals surface area contributed by atoms with Crippen LogP contribution in [0.25, 0.3) is 0 Å². The molecule has 0 fully saturated rings. The van der Waals surface area contributed by atoms with Gasteiger partial charge in [0.1, 0.15) is 11.9 Å². The summed E-state index contributed by atoms with van der Waals surface area (Å²) in [5.41, 5.74) is 2.00. The Hall–Kier alpha value is -1.15. The highest BCUT2D eigenvalue weighted by Gasteiger charge is 2.18. The Morgan fingerprint density at radius 2 is 1.94 bits per heavy atom. The van der Waals surface area contributed by atoms with E-state index in [4.69, 9.17) is 0 Å². The van der Waals surface area contributed by atoms with E-state index in [9.17, 15) is 9.50 Å². The largest absolute Gasteiger partial charge is 0.384 e. The minimum absolute atomic E-state index is 0.270. The van der Waals surface area contributed by atoms with Gasteiger partial charge in [-0.2, -0.15) is 0 Å². The Bertz CT molecular complexity index is 437. The van der Waals surface area contributed by atoms with Crippen molar-refractivity contribution in [1.82, 2.24) is 0 Å². The molecule has 0 saturated carbocycles. The minimum Gasteiger partial charge on any atom is -0.384 e. The summed E-state index contributed by atoms with van der Waals surface area (Å²) in [7, 11) is 0. The Labute approximate surface area is 108 Å². The molecule has 2 rings (SSSR count). The van der Waals surface area contributed by atoms with E-state index in [1.807, 2.05) is 0 Å². The summed E-state index contributed by atoms with van der Waals surface area (Å²) in [4.78, 5) is 0. The molecule has 18 heavy (non-hydrogen) atoms. The number of benzene rings is 1. The summed E-state index contributed by atoms with van der Waals surface area (Å²) in [6.07, 6.45) is 7.95. The number of aliphatic hydroxyl groups excluding tert-OH is 1. The fraction of sp³-hybridized carbons (Fsp3) is 0.500. The first-order chi connectivity index (χ1) is 8.70. The second-order valence-electron chi connectivity index (χ2n) is 5.11. The molecular weight excluding hydrogens is 227 g/mol. The van der Waals surface area contributed by atoms with Crippen LogP contribution in [0.2, 0.25) is 0 Å². The summed E-state index contributed by atoms with van der Waals surface area (Å²) in [6.45, 7) is 1.73. The number of aryl methyl sites for hydroxylation is 1. The Kier molecular flexibility index (Phi) is 4.54. The molecule has 0 radical (unpaired) electrons. The normalized spacial score (nSPS) is 21.6. The third-order valence-corrected chi connectivity index (χ3v) is 3.69. The lowest BCUT2D eigenvalue weighted by molar-refractivity contribution is 0.204. The number of hydrogen-bond acceptors (Lipinski definition) is 1. The first-order valence-corrected chi connectivity index (χ1v) is 6.82. The van der Waals surface area contributed by atoms with Gasteiger partial charge in [-0.1, -0.05) is 37.1 Å². The maximum absolute atomic E-state index is 14.0. The fourth-order valence-electron chi connectivity index (χ4n) is 2.55. The molecule has 1 aromatic carbocycles. The van der Waals surface area contributed by atoms with Crippen molar-refractivity contribution in [2.75, 3.05) is 0 Å². The predicted molar refractivity (Wildman–Crippen MR) is 71.9 cm³/mol. The van der Waals surface area contributed by atoms with Gasteiger partial charge >= 0.3 is 0 Å². The quantitative estimate of drug-likeness (QED) is 0.767. The molecular formula is C16H21FO. The van der Waals surface area contributed by atoms with Gasteiger partial charge in [0.05, 0.1) is 0 Å². The molecule has 0 spiro atoms. The topological polar surface area (TPSA) is 20.2 Å². The zero-order valence-corrected chi connectivity index (χ0v) is 11.0. The number of halogens is 1. The lowest BCUT2D eigenvalue weighted by Gasteiger charge is -2.19. The van der Waals surface area contributed by atoms with Crippen molar-refractivity contribution in [3.63, 3.8) is 0 Å². The summed E-state index contributed by atoms with van der Waals surface area (Å²) >= 11 is 0. The van der Waals surface area contributed by atoms with Gasteiger partial charge < -0.3 is 5.11 Å². The molecule has 1 aliphatic carbocycles. The zero-order chi connectivity index (χ0) is 13.0. The van der Waals surface area contributed by atoms with Crippen molar-refractivity contribution in [2.45, 2.75) is 51.6 Å². The maximum atomic E-state index is 14.0. The molecule has 0 aromatic heterocycles. The van der Waals surface area contributed by atoms with Crippen LogP contribution in [-0.2, 0) is 0 Å². The van der Waals surface area contributed by atoms with Crippen molar-refractivity contribution in [1.29, 1.82) is 0 Å². The molecule has 1 nitrogen and oxygen atoms in total. The average Bonchev–Trinajstić information content (AvgIpc) is 2.31. The zero-order valence-electron chi connectivity index (χ0n) is 11.0. The van der Waals surface area contributed by atoms with Crippen molar-refractivity contribution < 1.29 is 9.50 Å². The summed E-state index contributed by atoms with van der Waals surface area (Å²) in [5, 5.41) is 10.4. The number of rotatable bonds is 2. The summed E-state index contributed by atoms with van der Waals surface area (Å²) in [5.74, 6) is -0.270. The van der Waals surface area contributed by atoms with E-state index in [0.717, 1.165) is 24.8 Å². The molecule has 0 heterocycles. The lowest BCUT2D eigenvalue weighted by atomic mass is 9.92. The molecule has 98 valence electrons. The van der Waals surface area contributed by atoms with E-state index in [1.165, 1.54) is 19.3 Å². The van der Waals surface area contributed by atoms with Crippen LogP contribution < -0.4 is 0 Å². The van der Waals surface area contributed by atoms with Gasteiger partial charge in [-0.15, -0.1) is 0 Å². The Morgan fingerprint density at radius 3 is 2.78 bits per heavy atom. The van der Waals surface area contributed by atoms with Crippen LogP contribution in [0.1, 0.15) is 55.8 Å². The lowest BCUT2D eigenvalue weighted by Crippen LogP contribution is -2.06. The van der Waals surface area contributed by atoms with E-state index in [2.05, 4.69) is 6.08 Å². The van der Waals surface area contributed by atoms with Crippen LogP contribution in [0.5, 0.6) is 0 Å². The molecule has 1 atom stereocenters. The third kappa shape index (κ3) is 2.99. The molecule has 1 unspecified atom stereocenters. The van der Waals surface area contributed by atoms with E-state index in [1.54, 1.807) is 25.1 Å². The highest BCUT2D eigenvalue weighted by molar-refractivity contribution is 5.31. The highest BCUT2D eigenvalue weighted by atomic mass is 19.1. The summed E-state index contributed by atoms with van der Waals surface area (Å²) in [6, 6.07) is 5.23. The second kappa shape index (κ2) is 6.14. The van der Waals surface area contributed by atoms with Gasteiger partial charge in [0.15, 0.2) is 0 Å². The van der Waals surface area contributed by atoms with Crippen LogP contribution in [0, 0.1) is 12.7 Å². The molecule has 1 N–H and O–H groups in total. The van der Waals surface area contributed by atoms with Crippen LogP contribution in [-0.4, -0.2) is 5.11 Å². The maximum Gasteiger partial charge on any atom is 0.132 e. The van der Waals surface area contributed by atoms with Crippen molar-refractivity contribution >= 4 is 0 Å². The smallest absolute Gasteiger partial charge is 0.132 e. The molecule has 0 bridgehead atoms. The molecule has 0 aliphatic heterocycles. The van der Waals surface area contributed by atoms with Gasteiger partial charge in [0, 0.05) is 5.56 Å². The van der Waals surface area contributed by atoms with Gasteiger partial charge in [0.2, 0.25) is 0 Å². The first-order valence-electron chi connectivity index (χ1n) is 6.82. The van der Waals surface area contributed by atoms with E-state index in [-0.39, 0.29) is 5.82 Å². The molecule has 1 aromatic rings. The van der Waals surface area contributed by atoms with Crippen molar-refractivity contribution in [3.8, 4) is 0 Å². The van der Waals surface area contributed by atoms with E-state index >= 15 is 0 Å². The average molecular weight is 248 g/mol. The molecule has 0 amide bonds. The summed E-state index contributed by atoms with van der Waals surface area (Å²) < 4.78 is 14.0. The SMILES string of the molecule is Cc1cccc(C(O)/C2=C/CCCCCC2)c1F. The minimum atomic E-state index is -0.775. The van der Waals surface area contributed by atoms with Gasteiger partial charge in [-0.3, -0.25) is 0 Å². The second-order valence-corrected chi connectivity index (χ2v) is 5.11. The van der Waals surface area contributed by atoms with E-state index in [0.29, 0.717) is 11.1 Å². The Morgan fingerprint density at radius 1 is 1.17 bits per heavy atom. The predicted octanol–water partition coefficient (Wildman–Crippen LogP) is 4.45. The number of aliphatic hydroxyl groups is 1. The van der Waals surface area contributed by atoms with Crippen LogP contribution in [0.4, 0.5) is 4.39 Å². The number of allylic oxidation sites excluding steroid dienone is 1. The van der Waals surface area contributed by atoms with Crippen LogP contribution >= 0.6 is 0 Å². The van der Waals surface area contributed by atoms with Crippen LogP contribution in [0.3, 0.4) is 0 Å². The van der Waals surface area contributed by atoms with Gasteiger partial charge in [-0.25, -0.2) is 4.39 Å². The van der Waals surface area contributed by atoms with Gasteiger partial charge in [-0.05, 0) is 43.7 Å². The van der Waals surface area contributed by atoms with Crippen LogP contribution in [0.15, 0.2) is 29.8 Å². The van der Waals surface area contributed by atoms with Gasteiger partial charge in [0.25, 0.3) is 0 Å². The third-order valence-electron chi connectivity index (χ3n) is 3.69. The Balaban J connectivity index is 2.23.